The number of nitrogens with two attached hydrogens (primary N) is 1. The highest BCUT2D eigenvalue weighted by atomic mass is 19.1. The topological polar surface area (TPSA) is 55.1 Å². The normalized spacial score (nSPS) is 17.7. The first kappa shape index (κ1) is 12.9. The van der Waals surface area contributed by atoms with Gasteiger partial charge in [-0.1, -0.05) is 12.8 Å². The van der Waals surface area contributed by atoms with Crippen LogP contribution in [0.5, 0.6) is 0 Å². The lowest BCUT2D eigenvalue weighted by Crippen LogP contribution is -2.37. The summed E-state index contributed by atoms with van der Waals surface area (Å²) in [6.07, 6.45) is 4.72. The molecule has 18 heavy (non-hydrogen) atoms. The second-order valence-electron chi connectivity index (χ2n) is 5.05. The number of carbonyl (C=O) groups excluding carboxylic acids is 1. The van der Waals surface area contributed by atoms with Crippen molar-refractivity contribution in [2.45, 2.75) is 38.6 Å². The molecule has 1 aromatic carbocycles. The van der Waals surface area contributed by atoms with E-state index in [0.29, 0.717) is 11.6 Å². The maximum absolute atomic E-state index is 13.5. The fourth-order valence-corrected chi connectivity index (χ4v) is 2.58. The van der Waals surface area contributed by atoms with Gasteiger partial charge >= 0.3 is 0 Å². The molecular formula is C14H19FN2O. The summed E-state index contributed by atoms with van der Waals surface area (Å²) in [5, 5.41) is 2.87. The van der Waals surface area contributed by atoms with Gasteiger partial charge in [-0.05, 0) is 43.9 Å². The molecule has 0 saturated heterocycles. The highest BCUT2D eigenvalue weighted by molar-refractivity contribution is 5.95. The van der Waals surface area contributed by atoms with Crippen molar-refractivity contribution in [3.05, 3.63) is 29.6 Å². The second kappa shape index (κ2) is 5.38. The van der Waals surface area contributed by atoms with E-state index in [4.69, 9.17) is 5.73 Å². The standard InChI is InChI=1S/C14H19FN2O/c1-9(10-4-2-3-5-10)17-14(18)12-8-11(16)6-7-13(12)15/h6-10H,2-5,16H2,1H3,(H,17,18). The highest BCUT2D eigenvalue weighted by Gasteiger charge is 2.24. The molecular weight excluding hydrogens is 231 g/mol. The molecule has 0 bridgehead atoms. The average molecular weight is 250 g/mol. The zero-order valence-electron chi connectivity index (χ0n) is 10.6. The van der Waals surface area contributed by atoms with Crippen molar-refractivity contribution >= 4 is 11.6 Å². The first-order valence-electron chi connectivity index (χ1n) is 6.44. The highest BCUT2D eigenvalue weighted by Crippen LogP contribution is 2.27. The van der Waals surface area contributed by atoms with Crippen LogP contribution in [-0.4, -0.2) is 11.9 Å². The molecule has 4 heteroatoms. The van der Waals surface area contributed by atoms with E-state index in [0.717, 1.165) is 12.8 Å². The molecule has 0 heterocycles. The van der Waals surface area contributed by atoms with Crippen LogP contribution in [0, 0.1) is 11.7 Å². The van der Waals surface area contributed by atoms with Crippen LogP contribution in [0.3, 0.4) is 0 Å². The number of rotatable bonds is 3. The minimum atomic E-state index is -0.527. The number of carbonyl (C=O) groups is 1. The van der Waals surface area contributed by atoms with Gasteiger partial charge in [-0.3, -0.25) is 4.79 Å². The first-order chi connectivity index (χ1) is 8.58. The van der Waals surface area contributed by atoms with Gasteiger partial charge in [-0.15, -0.1) is 0 Å². The summed E-state index contributed by atoms with van der Waals surface area (Å²) in [5.74, 6) is -0.391. The van der Waals surface area contributed by atoms with Gasteiger partial charge in [0.2, 0.25) is 0 Å². The Bertz CT molecular complexity index is 441. The van der Waals surface area contributed by atoms with Crippen LogP contribution in [-0.2, 0) is 0 Å². The van der Waals surface area contributed by atoms with E-state index in [1.54, 1.807) is 0 Å². The summed E-state index contributed by atoms with van der Waals surface area (Å²) in [4.78, 5) is 12.0. The van der Waals surface area contributed by atoms with Gasteiger partial charge in [-0.25, -0.2) is 4.39 Å². The third kappa shape index (κ3) is 2.81. The third-order valence-corrected chi connectivity index (χ3v) is 3.70. The molecule has 1 atom stereocenters. The number of hydrogen-bond acceptors (Lipinski definition) is 2. The van der Waals surface area contributed by atoms with Crippen molar-refractivity contribution in [3.63, 3.8) is 0 Å². The Morgan fingerprint density at radius 1 is 1.44 bits per heavy atom. The van der Waals surface area contributed by atoms with Gasteiger partial charge in [0, 0.05) is 11.7 Å². The predicted molar refractivity (Wildman–Crippen MR) is 69.7 cm³/mol. The van der Waals surface area contributed by atoms with Gasteiger partial charge in [0.25, 0.3) is 5.91 Å². The fourth-order valence-electron chi connectivity index (χ4n) is 2.58. The number of nitrogens with one attached hydrogen (secondary N) is 1. The molecule has 0 spiro atoms. The number of anilines is 1. The molecule has 98 valence electrons. The van der Waals surface area contributed by atoms with Crippen molar-refractivity contribution in [1.82, 2.24) is 5.32 Å². The van der Waals surface area contributed by atoms with Crippen molar-refractivity contribution in [2.24, 2.45) is 5.92 Å². The maximum Gasteiger partial charge on any atom is 0.254 e. The van der Waals surface area contributed by atoms with Crippen molar-refractivity contribution in [2.75, 3.05) is 5.73 Å². The Morgan fingerprint density at radius 3 is 2.78 bits per heavy atom. The average Bonchev–Trinajstić information content (AvgIpc) is 2.85. The number of halogens is 1. The predicted octanol–water partition coefficient (Wildman–Crippen LogP) is 2.72. The van der Waals surface area contributed by atoms with Gasteiger partial charge in [0.05, 0.1) is 5.56 Å². The number of hydrogen-bond donors (Lipinski definition) is 2. The lowest BCUT2D eigenvalue weighted by atomic mass is 9.99. The van der Waals surface area contributed by atoms with Gasteiger partial charge in [0.1, 0.15) is 5.82 Å². The number of benzene rings is 1. The number of nitrogen functional groups attached to an aromatic ring is 1. The molecule has 3 nitrogen and oxygen atoms in total. The molecule has 3 N–H and O–H groups in total. The summed E-state index contributed by atoms with van der Waals surface area (Å²) >= 11 is 0. The lowest BCUT2D eigenvalue weighted by Gasteiger charge is -2.20. The Morgan fingerprint density at radius 2 is 2.11 bits per heavy atom. The van der Waals surface area contributed by atoms with E-state index in [2.05, 4.69) is 5.32 Å². The van der Waals surface area contributed by atoms with E-state index in [1.807, 2.05) is 6.92 Å². The van der Waals surface area contributed by atoms with E-state index < -0.39 is 5.82 Å². The van der Waals surface area contributed by atoms with Crippen molar-refractivity contribution in [3.8, 4) is 0 Å². The minimum absolute atomic E-state index is 0.0276. The smallest absolute Gasteiger partial charge is 0.254 e. The van der Waals surface area contributed by atoms with Crippen LogP contribution in [0.2, 0.25) is 0 Å². The van der Waals surface area contributed by atoms with Crippen LogP contribution in [0.15, 0.2) is 18.2 Å². The Labute approximate surface area is 107 Å². The van der Waals surface area contributed by atoms with Crippen LogP contribution in [0.1, 0.15) is 43.0 Å². The molecule has 2 rings (SSSR count). The molecule has 0 aliphatic heterocycles. The molecule has 1 aliphatic rings. The summed E-state index contributed by atoms with van der Waals surface area (Å²) in [5.41, 5.74) is 6.00. The Hall–Kier alpha value is -1.58. The quantitative estimate of drug-likeness (QED) is 0.810. The Balaban J connectivity index is 2.04. The summed E-state index contributed by atoms with van der Waals surface area (Å²) < 4.78 is 13.5. The van der Waals surface area contributed by atoms with E-state index >= 15 is 0 Å². The summed E-state index contributed by atoms with van der Waals surface area (Å²) in [6, 6.07) is 4.14. The van der Waals surface area contributed by atoms with Gasteiger partial charge in [0.15, 0.2) is 0 Å². The molecule has 1 amide bonds. The van der Waals surface area contributed by atoms with Gasteiger partial charge < -0.3 is 11.1 Å². The first-order valence-corrected chi connectivity index (χ1v) is 6.44. The van der Waals surface area contributed by atoms with E-state index in [-0.39, 0.29) is 17.5 Å². The lowest BCUT2D eigenvalue weighted by molar-refractivity contribution is 0.0923. The zero-order valence-corrected chi connectivity index (χ0v) is 10.6. The van der Waals surface area contributed by atoms with Crippen LogP contribution in [0.4, 0.5) is 10.1 Å². The SMILES string of the molecule is CC(NC(=O)c1cc(N)ccc1F)C1CCCC1. The zero-order chi connectivity index (χ0) is 13.1. The third-order valence-electron chi connectivity index (χ3n) is 3.70. The molecule has 0 aromatic heterocycles. The van der Waals surface area contributed by atoms with E-state index in [1.165, 1.54) is 31.0 Å². The van der Waals surface area contributed by atoms with Crippen molar-refractivity contribution in [1.29, 1.82) is 0 Å². The molecule has 1 aliphatic carbocycles. The van der Waals surface area contributed by atoms with Crippen LogP contribution in [0.25, 0.3) is 0 Å². The van der Waals surface area contributed by atoms with E-state index in [9.17, 15) is 9.18 Å². The van der Waals surface area contributed by atoms with Crippen molar-refractivity contribution < 1.29 is 9.18 Å². The maximum atomic E-state index is 13.5. The summed E-state index contributed by atoms with van der Waals surface area (Å²) in [6.45, 7) is 1.98. The molecule has 1 saturated carbocycles. The summed E-state index contributed by atoms with van der Waals surface area (Å²) in [7, 11) is 0. The monoisotopic (exact) mass is 250 g/mol. The molecule has 1 fully saturated rings. The minimum Gasteiger partial charge on any atom is -0.399 e. The van der Waals surface area contributed by atoms with Crippen LogP contribution < -0.4 is 11.1 Å². The number of amides is 1. The molecule has 1 aromatic rings. The Kier molecular flexibility index (Phi) is 3.84. The van der Waals surface area contributed by atoms with Crippen LogP contribution >= 0.6 is 0 Å². The second-order valence-corrected chi connectivity index (χ2v) is 5.05. The fraction of sp³-hybridized carbons (Fsp3) is 0.500. The van der Waals surface area contributed by atoms with Gasteiger partial charge in [-0.2, -0.15) is 0 Å². The molecule has 1 unspecified atom stereocenters. The molecule has 0 radical (unpaired) electrons. The largest absolute Gasteiger partial charge is 0.399 e.